The molecule has 31 heavy (non-hydrogen) atoms. The Morgan fingerprint density at radius 1 is 1.23 bits per heavy atom. The minimum Gasteiger partial charge on any atom is -0.495 e. The maximum Gasteiger partial charge on any atom is 0.243 e. The van der Waals surface area contributed by atoms with Gasteiger partial charge in [-0.15, -0.1) is 10.2 Å². The first kappa shape index (κ1) is 23.8. The van der Waals surface area contributed by atoms with Crippen molar-refractivity contribution in [2.24, 2.45) is 0 Å². The third-order valence-corrected chi connectivity index (χ3v) is 8.62. The summed E-state index contributed by atoms with van der Waals surface area (Å²) < 4.78 is 33.7. The van der Waals surface area contributed by atoms with Gasteiger partial charge >= 0.3 is 0 Å². The highest BCUT2D eigenvalue weighted by Crippen LogP contribution is 2.31. The minimum absolute atomic E-state index is 0.118. The standard InChI is InChI=1S/C19H27N5O4S3/c1-3-20-18-22-23-19(30-18)29-13-17(25)21-15-12-14(8-9-16(15)28-2)31(26,27)24-10-6-4-5-7-11-24/h8-9,12H,3-7,10-11,13H2,1-2H3,(H,20,22)(H,21,25). The predicted molar refractivity (Wildman–Crippen MR) is 124 cm³/mol. The molecule has 1 fully saturated rings. The molecule has 2 heterocycles. The van der Waals surface area contributed by atoms with Crippen LogP contribution in [0.25, 0.3) is 0 Å². The Morgan fingerprint density at radius 2 is 1.97 bits per heavy atom. The number of nitrogens with zero attached hydrogens (tertiary/aromatic N) is 3. The van der Waals surface area contributed by atoms with E-state index in [2.05, 4.69) is 20.8 Å². The van der Waals surface area contributed by atoms with E-state index in [1.807, 2.05) is 6.92 Å². The molecule has 0 radical (unpaired) electrons. The summed E-state index contributed by atoms with van der Waals surface area (Å²) in [6.45, 7) is 3.75. The van der Waals surface area contributed by atoms with Gasteiger partial charge < -0.3 is 15.4 Å². The number of benzene rings is 1. The number of rotatable bonds is 9. The van der Waals surface area contributed by atoms with Gasteiger partial charge in [0.15, 0.2) is 4.34 Å². The number of sulfonamides is 1. The lowest BCUT2D eigenvalue weighted by atomic mass is 10.2. The Kier molecular flexibility index (Phi) is 8.52. The summed E-state index contributed by atoms with van der Waals surface area (Å²) in [5.74, 6) is 0.235. The molecule has 0 bridgehead atoms. The van der Waals surface area contributed by atoms with Crippen molar-refractivity contribution in [2.75, 3.05) is 43.1 Å². The molecular weight excluding hydrogens is 458 g/mol. The fraction of sp³-hybridized carbons (Fsp3) is 0.526. The highest BCUT2D eigenvalue weighted by molar-refractivity contribution is 8.01. The Labute approximate surface area is 191 Å². The Hall–Kier alpha value is -1.89. The van der Waals surface area contributed by atoms with Gasteiger partial charge in [0, 0.05) is 19.6 Å². The van der Waals surface area contributed by atoms with Gasteiger partial charge in [-0.3, -0.25) is 4.79 Å². The quantitative estimate of drug-likeness (QED) is 0.520. The van der Waals surface area contributed by atoms with Gasteiger partial charge in [-0.25, -0.2) is 8.42 Å². The second-order valence-electron chi connectivity index (χ2n) is 6.92. The zero-order valence-corrected chi connectivity index (χ0v) is 20.0. The van der Waals surface area contributed by atoms with E-state index in [9.17, 15) is 13.2 Å². The number of anilines is 2. The number of carbonyl (C=O) groups is 1. The number of thioether (sulfide) groups is 1. The van der Waals surface area contributed by atoms with Crippen molar-refractivity contribution in [1.29, 1.82) is 0 Å². The Bertz CT molecular complexity index is 988. The molecule has 0 saturated carbocycles. The molecule has 2 N–H and O–H groups in total. The second kappa shape index (κ2) is 11.1. The van der Waals surface area contributed by atoms with E-state index in [0.29, 0.717) is 34.0 Å². The molecule has 0 aliphatic carbocycles. The van der Waals surface area contributed by atoms with E-state index in [4.69, 9.17) is 4.74 Å². The second-order valence-corrected chi connectivity index (χ2v) is 11.1. The highest BCUT2D eigenvalue weighted by atomic mass is 32.2. The zero-order chi connectivity index (χ0) is 22.3. The van der Waals surface area contributed by atoms with Crippen LogP contribution in [0, 0.1) is 0 Å². The molecule has 12 heteroatoms. The number of ether oxygens (including phenoxy) is 1. The van der Waals surface area contributed by atoms with Gasteiger partial charge in [0.05, 0.1) is 23.4 Å². The van der Waals surface area contributed by atoms with Gasteiger partial charge in [0.25, 0.3) is 0 Å². The number of carbonyl (C=O) groups excluding carboxylic acids is 1. The lowest BCUT2D eigenvalue weighted by Gasteiger charge is -2.21. The van der Waals surface area contributed by atoms with E-state index in [0.717, 1.165) is 32.2 Å². The lowest BCUT2D eigenvalue weighted by Crippen LogP contribution is -2.32. The first-order chi connectivity index (χ1) is 14.9. The van der Waals surface area contributed by atoms with Crippen LogP contribution >= 0.6 is 23.1 Å². The van der Waals surface area contributed by atoms with Gasteiger partial charge in [0.2, 0.25) is 21.1 Å². The van der Waals surface area contributed by atoms with E-state index in [-0.39, 0.29) is 16.6 Å². The summed E-state index contributed by atoms with van der Waals surface area (Å²) in [6, 6.07) is 4.56. The Morgan fingerprint density at radius 3 is 2.65 bits per heavy atom. The molecule has 3 rings (SSSR count). The first-order valence-electron chi connectivity index (χ1n) is 10.1. The zero-order valence-electron chi connectivity index (χ0n) is 17.6. The lowest BCUT2D eigenvalue weighted by molar-refractivity contribution is -0.113. The van der Waals surface area contributed by atoms with Crippen LogP contribution in [0.15, 0.2) is 27.4 Å². The molecule has 1 aliphatic heterocycles. The summed E-state index contributed by atoms with van der Waals surface area (Å²) >= 11 is 2.65. The van der Waals surface area contributed by atoms with Crippen molar-refractivity contribution in [2.45, 2.75) is 41.8 Å². The third kappa shape index (κ3) is 6.31. The smallest absolute Gasteiger partial charge is 0.243 e. The molecule has 1 aliphatic rings. The number of hydrogen-bond acceptors (Lipinski definition) is 9. The largest absolute Gasteiger partial charge is 0.495 e. The Balaban J connectivity index is 1.70. The topological polar surface area (TPSA) is 114 Å². The molecule has 0 unspecified atom stereocenters. The molecule has 1 amide bonds. The van der Waals surface area contributed by atoms with E-state index < -0.39 is 10.0 Å². The molecule has 0 spiro atoms. The van der Waals surface area contributed by atoms with Gasteiger partial charge in [0.1, 0.15) is 5.75 Å². The average Bonchev–Trinajstić information content (AvgIpc) is 3.02. The average molecular weight is 486 g/mol. The summed E-state index contributed by atoms with van der Waals surface area (Å²) in [6.07, 6.45) is 3.80. The SMILES string of the molecule is CCNc1nnc(SCC(=O)Nc2cc(S(=O)(=O)N3CCCCCC3)ccc2OC)s1. The summed E-state index contributed by atoms with van der Waals surface area (Å²) in [5.41, 5.74) is 0.328. The minimum atomic E-state index is -3.63. The fourth-order valence-electron chi connectivity index (χ4n) is 3.18. The third-order valence-electron chi connectivity index (χ3n) is 4.71. The fourth-order valence-corrected chi connectivity index (χ4v) is 6.34. The molecule has 1 aromatic carbocycles. The summed E-state index contributed by atoms with van der Waals surface area (Å²) in [5, 5.41) is 14.6. The van der Waals surface area contributed by atoms with Crippen molar-refractivity contribution in [1.82, 2.24) is 14.5 Å². The van der Waals surface area contributed by atoms with Crippen molar-refractivity contribution in [3.8, 4) is 5.75 Å². The van der Waals surface area contributed by atoms with Crippen LogP contribution in [0.1, 0.15) is 32.6 Å². The van der Waals surface area contributed by atoms with Crippen LogP contribution in [0.3, 0.4) is 0 Å². The van der Waals surface area contributed by atoms with Gasteiger partial charge in [-0.2, -0.15) is 4.31 Å². The van der Waals surface area contributed by atoms with E-state index in [1.54, 1.807) is 6.07 Å². The van der Waals surface area contributed by atoms with Crippen LogP contribution < -0.4 is 15.4 Å². The van der Waals surface area contributed by atoms with Gasteiger partial charge in [-0.1, -0.05) is 35.9 Å². The molecule has 1 saturated heterocycles. The number of aromatic nitrogens is 2. The van der Waals surface area contributed by atoms with Crippen LogP contribution in [0.2, 0.25) is 0 Å². The van der Waals surface area contributed by atoms with E-state index in [1.165, 1.54) is 46.6 Å². The summed E-state index contributed by atoms with van der Waals surface area (Å²) in [7, 11) is -2.15. The molecule has 2 aromatic rings. The molecule has 0 atom stereocenters. The predicted octanol–water partition coefficient (Wildman–Crippen LogP) is 3.27. The van der Waals surface area contributed by atoms with Gasteiger partial charge in [-0.05, 0) is 38.0 Å². The van der Waals surface area contributed by atoms with Crippen molar-refractivity contribution in [3.05, 3.63) is 18.2 Å². The van der Waals surface area contributed by atoms with Crippen LogP contribution in [-0.2, 0) is 14.8 Å². The first-order valence-corrected chi connectivity index (χ1v) is 13.4. The molecule has 9 nitrogen and oxygen atoms in total. The van der Waals surface area contributed by atoms with Crippen LogP contribution in [-0.4, -0.2) is 61.3 Å². The maximum atomic E-state index is 13.1. The molecular formula is C19H27N5O4S3. The van der Waals surface area contributed by atoms with Crippen LogP contribution in [0.4, 0.5) is 10.8 Å². The molecule has 1 aromatic heterocycles. The number of amides is 1. The van der Waals surface area contributed by atoms with Crippen molar-refractivity contribution in [3.63, 3.8) is 0 Å². The van der Waals surface area contributed by atoms with Crippen molar-refractivity contribution >= 4 is 49.8 Å². The number of methoxy groups -OCH3 is 1. The maximum absolute atomic E-state index is 13.1. The molecule has 170 valence electrons. The number of nitrogens with one attached hydrogen (secondary N) is 2. The normalized spacial score (nSPS) is 15.3. The number of hydrogen-bond donors (Lipinski definition) is 2. The monoisotopic (exact) mass is 485 g/mol. The van der Waals surface area contributed by atoms with Crippen LogP contribution in [0.5, 0.6) is 5.75 Å². The van der Waals surface area contributed by atoms with E-state index >= 15 is 0 Å². The van der Waals surface area contributed by atoms with Crippen molar-refractivity contribution < 1.29 is 17.9 Å². The highest BCUT2D eigenvalue weighted by Gasteiger charge is 2.26. The summed E-state index contributed by atoms with van der Waals surface area (Å²) in [4.78, 5) is 12.6.